The number of carbonyl (C=O) groups excluding carboxylic acids is 1. The van der Waals surface area contributed by atoms with Crippen molar-refractivity contribution < 1.29 is 9.18 Å². The average molecular weight is 390 g/mol. The van der Waals surface area contributed by atoms with E-state index in [9.17, 15) is 9.18 Å². The van der Waals surface area contributed by atoms with E-state index in [4.69, 9.17) is 0 Å². The summed E-state index contributed by atoms with van der Waals surface area (Å²) in [6.07, 6.45) is 3.98. The fourth-order valence-electron chi connectivity index (χ4n) is 3.58. The minimum absolute atomic E-state index is 0.0194. The number of fused-ring (bicyclic) bond motifs is 1. The van der Waals surface area contributed by atoms with Gasteiger partial charge in [0.1, 0.15) is 5.82 Å². The molecule has 0 saturated carbocycles. The van der Waals surface area contributed by atoms with Crippen LogP contribution in [-0.4, -0.2) is 32.6 Å². The molecular weight excluding hydrogens is 367 g/mol. The molecule has 0 aliphatic heterocycles. The average Bonchev–Trinajstić information content (AvgIpc) is 3.26. The zero-order chi connectivity index (χ0) is 20.4. The smallest absolute Gasteiger partial charge is 0.227 e. The van der Waals surface area contributed by atoms with Gasteiger partial charge in [0.15, 0.2) is 0 Å². The van der Waals surface area contributed by atoms with Gasteiger partial charge in [-0.25, -0.2) is 4.39 Å². The van der Waals surface area contributed by atoms with Crippen LogP contribution < -0.4 is 0 Å². The molecule has 2 heterocycles. The Bertz CT molecular complexity index is 1150. The van der Waals surface area contributed by atoms with Gasteiger partial charge in [-0.2, -0.15) is 5.10 Å². The van der Waals surface area contributed by atoms with Crippen molar-refractivity contribution in [3.05, 3.63) is 89.1 Å². The Morgan fingerprint density at radius 3 is 2.76 bits per heavy atom. The van der Waals surface area contributed by atoms with Crippen molar-refractivity contribution in [2.75, 3.05) is 7.05 Å². The minimum atomic E-state index is -0.301. The van der Waals surface area contributed by atoms with E-state index in [0.29, 0.717) is 13.1 Å². The van der Waals surface area contributed by atoms with E-state index in [0.717, 1.165) is 27.7 Å². The number of nitrogens with one attached hydrogen (secondary N) is 1. The first-order valence-electron chi connectivity index (χ1n) is 9.55. The zero-order valence-electron chi connectivity index (χ0n) is 16.5. The molecule has 0 unspecified atom stereocenters. The third kappa shape index (κ3) is 4.21. The summed E-state index contributed by atoms with van der Waals surface area (Å²) in [6.45, 7) is 3.08. The summed E-state index contributed by atoms with van der Waals surface area (Å²) in [6, 6.07) is 14.7. The van der Waals surface area contributed by atoms with Crippen LogP contribution in [0.4, 0.5) is 4.39 Å². The molecule has 5 nitrogen and oxygen atoms in total. The number of hydrogen-bond donors (Lipinski definition) is 1. The number of aryl methyl sites for hydroxylation is 1. The molecule has 0 aliphatic rings. The Hall–Kier alpha value is -3.41. The number of carbonyl (C=O) groups is 1. The standard InChI is InChI=1S/C23H23FN4O/c1-16-20(21-10-19(24)8-9-22(21)26-16)11-23(29)27(2)13-18-12-25-28(15-18)14-17-6-4-3-5-7-17/h3-10,12,15,26H,11,13-14H2,1-2H3. The molecule has 6 heteroatoms. The van der Waals surface area contributed by atoms with Crippen LogP contribution in [0.5, 0.6) is 0 Å². The molecule has 0 radical (unpaired) electrons. The predicted molar refractivity (Wildman–Crippen MR) is 111 cm³/mol. The fraction of sp³-hybridized carbons (Fsp3) is 0.217. The van der Waals surface area contributed by atoms with Crippen LogP contribution >= 0.6 is 0 Å². The number of H-pyrrole nitrogens is 1. The van der Waals surface area contributed by atoms with Crippen LogP contribution in [-0.2, 0) is 24.3 Å². The first kappa shape index (κ1) is 18.9. The zero-order valence-corrected chi connectivity index (χ0v) is 16.5. The van der Waals surface area contributed by atoms with Crippen molar-refractivity contribution >= 4 is 16.8 Å². The molecule has 4 rings (SSSR count). The van der Waals surface area contributed by atoms with Gasteiger partial charge in [-0.15, -0.1) is 0 Å². The normalized spacial score (nSPS) is 11.1. The first-order chi connectivity index (χ1) is 14.0. The summed E-state index contributed by atoms with van der Waals surface area (Å²) in [4.78, 5) is 17.7. The van der Waals surface area contributed by atoms with E-state index in [1.807, 2.05) is 36.0 Å². The van der Waals surface area contributed by atoms with Crippen LogP contribution in [0.1, 0.15) is 22.4 Å². The Morgan fingerprint density at radius 2 is 1.97 bits per heavy atom. The van der Waals surface area contributed by atoms with Gasteiger partial charge in [0.25, 0.3) is 0 Å². The summed E-state index contributed by atoms with van der Waals surface area (Å²) < 4.78 is 15.5. The van der Waals surface area contributed by atoms with Crippen molar-refractivity contribution in [2.24, 2.45) is 0 Å². The predicted octanol–water partition coefficient (Wildman–Crippen LogP) is 4.06. The van der Waals surface area contributed by atoms with Crippen LogP contribution in [0.2, 0.25) is 0 Å². The monoisotopic (exact) mass is 390 g/mol. The lowest BCUT2D eigenvalue weighted by Gasteiger charge is -2.16. The highest BCUT2D eigenvalue weighted by Gasteiger charge is 2.16. The number of hydrogen-bond acceptors (Lipinski definition) is 2. The second-order valence-electron chi connectivity index (χ2n) is 7.38. The molecule has 29 heavy (non-hydrogen) atoms. The molecule has 0 aliphatic carbocycles. The molecule has 1 N–H and O–H groups in total. The second kappa shape index (κ2) is 7.91. The quantitative estimate of drug-likeness (QED) is 0.540. The van der Waals surface area contributed by atoms with Crippen molar-refractivity contribution in [3.8, 4) is 0 Å². The number of benzene rings is 2. The molecule has 0 bridgehead atoms. The summed E-state index contributed by atoms with van der Waals surface area (Å²) in [5.41, 5.74) is 4.72. The molecule has 0 spiro atoms. The first-order valence-corrected chi connectivity index (χ1v) is 9.55. The molecule has 4 aromatic rings. The topological polar surface area (TPSA) is 53.9 Å². The van der Waals surface area contributed by atoms with E-state index in [-0.39, 0.29) is 18.1 Å². The maximum Gasteiger partial charge on any atom is 0.227 e. The molecule has 0 saturated heterocycles. The summed E-state index contributed by atoms with van der Waals surface area (Å²) in [5, 5.41) is 5.16. The Balaban J connectivity index is 1.43. The highest BCUT2D eigenvalue weighted by molar-refractivity contribution is 5.90. The second-order valence-corrected chi connectivity index (χ2v) is 7.38. The molecule has 1 amide bonds. The Kier molecular flexibility index (Phi) is 5.16. The van der Waals surface area contributed by atoms with Gasteiger partial charge in [0.2, 0.25) is 5.91 Å². The van der Waals surface area contributed by atoms with Crippen LogP contribution in [0.15, 0.2) is 60.9 Å². The van der Waals surface area contributed by atoms with E-state index in [1.54, 1.807) is 24.2 Å². The summed E-state index contributed by atoms with van der Waals surface area (Å²) in [5.74, 6) is -0.321. The molecule has 2 aromatic carbocycles. The van der Waals surface area contributed by atoms with Crippen LogP contribution in [0, 0.1) is 12.7 Å². The number of aromatic amines is 1. The SMILES string of the molecule is Cc1[nH]c2ccc(F)cc2c1CC(=O)N(C)Cc1cnn(Cc2ccccc2)c1. The number of aromatic nitrogens is 3. The van der Waals surface area contributed by atoms with E-state index in [1.165, 1.54) is 17.7 Å². The molecule has 2 aromatic heterocycles. The Labute approximate surface area is 168 Å². The highest BCUT2D eigenvalue weighted by atomic mass is 19.1. The lowest BCUT2D eigenvalue weighted by molar-refractivity contribution is -0.129. The fourth-order valence-corrected chi connectivity index (χ4v) is 3.58. The number of nitrogens with zero attached hydrogens (tertiary/aromatic N) is 3. The van der Waals surface area contributed by atoms with Crippen LogP contribution in [0.25, 0.3) is 10.9 Å². The maximum atomic E-state index is 13.6. The van der Waals surface area contributed by atoms with Crippen LogP contribution in [0.3, 0.4) is 0 Å². The van der Waals surface area contributed by atoms with Gasteiger partial charge in [-0.1, -0.05) is 30.3 Å². The minimum Gasteiger partial charge on any atom is -0.358 e. The van der Waals surface area contributed by atoms with Gasteiger partial charge in [0.05, 0.1) is 19.2 Å². The van der Waals surface area contributed by atoms with Crippen molar-refractivity contribution in [1.82, 2.24) is 19.7 Å². The molecular formula is C23H23FN4O. The largest absolute Gasteiger partial charge is 0.358 e. The van der Waals surface area contributed by atoms with Crippen molar-refractivity contribution in [1.29, 1.82) is 0 Å². The summed E-state index contributed by atoms with van der Waals surface area (Å²) >= 11 is 0. The lowest BCUT2D eigenvalue weighted by Crippen LogP contribution is -2.27. The number of rotatable bonds is 6. The maximum absolute atomic E-state index is 13.6. The van der Waals surface area contributed by atoms with Gasteiger partial charge in [0, 0.05) is 41.9 Å². The molecule has 0 atom stereocenters. The van der Waals surface area contributed by atoms with Gasteiger partial charge in [-0.3, -0.25) is 9.48 Å². The van der Waals surface area contributed by atoms with Gasteiger partial charge in [-0.05, 0) is 36.2 Å². The molecule has 148 valence electrons. The summed E-state index contributed by atoms with van der Waals surface area (Å²) in [7, 11) is 1.78. The van der Waals surface area contributed by atoms with E-state index < -0.39 is 0 Å². The lowest BCUT2D eigenvalue weighted by atomic mass is 10.1. The van der Waals surface area contributed by atoms with Crippen molar-refractivity contribution in [2.45, 2.75) is 26.4 Å². The van der Waals surface area contributed by atoms with Gasteiger partial charge < -0.3 is 9.88 Å². The van der Waals surface area contributed by atoms with Crippen molar-refractivity contribution in [3.63, 3.8) is 0 Å². The molecule has 0 fully saturated rings. The van der Waals surface area contributed by atoms with Gasteiger partial charge >= 0.3 is 0 Å². The van der Waals surface area contributed by atoms with E-state index in [2.05, 4.69) is 22.2 Å². The third-order valence-electron chi connectivity index (χ3n) is 5.13. The number of halogens is 1. The highest BCUT2D eigenvalue weighted by Crippen LogP contribution is 2.24. The third-order valence-corrected chi connectivity index (χ3v) is 5.13. The Morgan fingerprint density at radius 1 is 1.17 bits per heavy atom. The number of likely N-dealkylation sites (N-methyl/N-ethyl adjacent to an activating group) is 1. The number of amides is 1. The van der Waals surface area contributed by atoms with E-state index >= 15 is 0 Å².